The van der Waals surface area contributed by atoms with Gasteiger partial charge in [0.1, 0.15) is 5.82 Å². The monoisotopic (exact) mass is 793 g/mol. The Balaban J connectivity index is 0.971. The van der Waals surface area contributed by atoms with Gasteiger partial charge in [-0.15, -0.1) is 0 Å². The molecule has 1 atom stereocenters. The molecule has 0 radical (unpaired) electrons. The van der Waals surface area contributed by atoms with Crippen molar-refractivity contribution in [2.45, 2.75) is 31.7 Å². The van der Waals surface area contributed by atoms with E-state index in [0.29, 0.717) is 0 Å². The summed E-state index contributed by atoms with van der Waals surface area (Å²) in [5.74, 6) is 0.994. The number of aromatic nitrogens is 3. The number of pyridine rings is 1. The minimum atomic E-state index is -0.0655. The van der Waals surface area contributed by atoms with E-state index >= 15 is 0 Å². The van der Waals surface area contributed by atoms with Crippen molar-refractivity contribution in [1.82, 2.24) is 14.5 Å². The highest BCUT2D eigenvalue weighted by Gasteiger charge is 2.35. The molecule has 0 saturated carbocycles. The van der Waals surface area contributed by atoms with E-state index in [1.54, 1.807) is 0 Å². The fourth-order valence-electron chi connectivity index (χ4n) is 10.3. The van der Waals surface area contributed by atoms with Gasteiger partial charge in [0.25, 0.3) is 0 Å². The Morgan fingerprint density at radius 2 is 1.16 bits per heavy atom. The molecule has 2 aromatic heterocycles. The summed E-state index contributed by atoms with van der Waals surface area (Å²) in [5, 5.41) is 4.87. The third kappa shape index (κ3) is 5.73. The van der Waals surface area contributed by atoms with Crippen molar-refractivity contribution in [2.24, 2.45) is 0 Å². The predicted molar refractivity (Wildman–Crippen MR) is 259 cm³/mol. The molecule has 2 heterocycles. The quantitative estimate of drug-likeness (QED) is 0.157. The number of fused-ring (bicyclic) bond motifs is 6. The van der Waals surface area contributed by atoms with E-state index in [1.165, 1.54) is 71.6 Å². The molecule has 2 aliphatic rings. The average Bonchev–Trinajstić information content (AvgIpc) is 3.83. The zero-order chi connectivity index (χ0) is 41.4. The predicted octanol–water partition coefficient (Wildman–Crippen LogP) is 15.4. The third-order valence-corrected chi connectivity index (χ3v) is 13.4. The van der Waals surface area contributed by atoms with Crippen LogP contribution >= 0.6 is 0 Å². The second-order valence-corrected chi connectivity index (χ2v) is 17.3. The van der Waals surface area contributed by atoms with Crippen LogP contribution in [-0.4, -0.2) is 14.5 Å². The van der Waals surface area contributed by atoms with Crippen LogP contribution in [0.15, 0.2) is 206 Å². The second-order valence-electron chi connectivity index (χ2n) is 17.3. The van der Waals surface area contributed by atoms with Crippen molar-refractivity contribution in [2.75, 3.05) is 0 Å². The first-order valence-corrected chi connectivity index (χ1v) is 21.7. The lowest BCUT2D eigenvalue weighted by atomic mass is 9.82. The van der Waals surface area contributed by atoms with E-state index in [2.05, 4.69) is 225 Å². The molecule has 0 N–H and O–H groups in total. The van der Waals surface area contributed by atoms with Crippen molar-refractivity contribution in [3.05, 3.63) is 218 Å². The smallest absolute Gasteiger partial charge is 0.141 e. The van der Waals surface area contributed by atoms with Crippen LogP contribution in [0.4, 0.5) is 0 Å². The van der Waals surface area contributed by atoms with E-state index in [0.717, 1.165) is 45.7 Å². The van der Waals surface area contributed by atoms with Crippen molar-refractivity contribution in [3.8, 4) is 67.2 Å². The van der Waals surface area contributed by atoms with Crippen LogP contribution in [0.3, 0.4) is 0 Å². The van der Waals surface area contributed by atoms with E-state index in [1.807, 2.05) is 0 Å². The zero-order valence-corrected chi connectivity index (χ0v) is 34.8. The first-order valence-electron chi connectivity index (χ1n) is 21.7. The summed E-state index contributed by atoms with van der Waals surface area (Å²) in [6.45, 7) is 4.67. The van der Waals surface area contributed by atoms with Gasteiger partial charge in [0.2, 0.25) is 0 Å². The zero-order valence-electron chi connectivity index (χ0n) is 34.8. The SMILES string of the molecule is CC1(C)c2ccccc2-c2ccc(-c3ccc(-c4c5ccccc5c(-c5ccccc5)c5cc(-c6ccc(-c7nc8ccccc8n7C7C=CC=CC7)cc6)ccc45)cn3)cc21. The molecule has 0 amide bonds. The minimum absolute atomic E-state index is 0.0655. The standard InChI is InChI=1S/C59H43N3/c1-59(2)51-22-12-11-19-45(51)46-32-30-42(36-52(46)59)53-34-31-43(37-60-53)57-48-21-10-9-20-47(48)56(39-15-5-3-6-16-39)50-35-41(29-33-49(50)57)38-25-27-40(28-26-38)58-61-54-23-13-14-24-55(54)62(58)44-17-7-4-8-18-44/h3-17,19-37,44H,18H2,1-2H3. The van der Waals surface area contributed by atoms with Gasteiger partial charge in [-0.25, -0.2) is 4.98 Å². The molecule has 0 fully saturated rings. The van der Waals surface area contributed by atoms with E-state index in [-0.39, 0.29) is 11.5 Å². The average molecular weight is 794 g/mol. The number of benzene rings is 8. The number of nitrogens with zero attached hydrogens (tertiary/aromatic N) is 3. The number of allylic oxidation sites excluding steroid dienone is 4. The van der Waals surface area contributed by atoms with Crippen LogP contribution in [-0.2, 0) is 5.41 Å². The largest absolute Gasteiger partial charge is 0.317 e. The first-order chi connectivity index (χ1) is 30.5. The van der Waals surface area contributed by atoms with Crippen LogP contribution < -0.4 is 0 Å². The molecule has 0 bridgehead atoms. The van der Waals surface area contributed by atoms with Crippen LogP contribution in [0.5, 0.6) is 0 Å². The van der Waals surface area contributed by atoms with Gasteiger partial charge in [-0.05, 0) is 108 Å². The Kier molecular flexibility index (Phi) is 8.33. The van der Waals surface area contributed by atoms with Crippen molar-refractivity contribution in [1.29, 1.82) is 0 Å². The van der Waals surface area contributed by atoms with Crippen molar-refractivity contribution in [3.63, 3.8) is 0 Å². The molecular weight excluding hydrogens is 751 g/mol. The normalized spacial score (nSPS) is 15.0. The summed E-state index contributed by atoms with van der Waals surface area (Å²) in [4.78, 5) is 10.3. The summed E-state index contributed by atoms with van der Waals surface area (Å²) < 4.78 is 2.39. The summed E-state index contributed by atoms with van der Waals surface area (Å²) in [7, 11) is 0. The molecule has 8 aromatic carbocycles. The number of para-hydroxylation sites is 2. The summed E-state index contributed by atoms with van der Waals surface area (Å²) in [5.41, 5.74) is 17.8. The molecule has 62 heavy (non-hydrogen) atoms. The minimum Gasteiger partial charge on any atom is -0.317 e. The molecule has 0 saturated heterocycles. The topological polar surface area (TPSA) is 30.7 Å². The summed E-state index contributed by atoms with van der Waals surface area (Å²) >= 11 is 0. The summed E-state index contributed by atoms with van der Waals surface area (Å²) in [6.07, 6.45) is 11.8. The molecule has 3 nitrogen and oxygen atoms in total. The van der Waals surface area contributed by atoms with Crippen LogP contribution in [0.2, 0.25) is 0 Å². The number of imidazole rings is 1. The number of hydrogen-bond donors (Lipinski definition) is 0. The molecular formula is C59H43N3. The maximum atomic E-state index is 5.18. The van der Waals surface area contributed by atoms with Gasteiger partial charge >= 0.3 is 0 Å². The highest BCUT2D eigenvalue weighted by molar-refractivity contribution is 6.22. The molecule has 0 aliphatic heterocycles. The molecule has 294 valence electrons. The van der Waals surface area contributed by atoms with Crippen LogP contribution in [0.1, 0.15) is 37.4 Å². The molecule has 1 unspecified atom stereocenters. The van der Waals surface area contributed by atoms with E-state index < -0.39 is 0 Å². The first kappa shape index (κ1) is 36.2. The Morgan fingerprint density at radius 1 is 0.500 bits per heavy atom. The lowest BCUT2D eigenvalue weighted by molar-refractivity contribution is 0.631. The molecule has 12 rings (SSSR count). The highest BCUT2D eigenvalue weighted by atomic mass is 15.1. The van der Waals surface area contributed by atoms with E-state index in [4.69, 9.17) is 9.97 Å². The van der Waals surface area contributed by atoms with Gasteiger partial charge in [-0.2, -0.15) is 0 Å². The maximum absolute atomic E-state index is 5.18. The van der Waals surface area contributed by atoms with Gasteiger partial charge in [0.05, 0.1) is 22.8 Å². The molecule has 10 aromatic rings. The van der Waals surface area contributed by atoms with Crippen molar-refractivity contribution >= 4 is 32.6 Å². The summed E-state index contributed by atoms with van der Waals surface area (Å²) in [6, 6.07) is 64.5. The van der Waals surface area contributed by atoms with Gasteiger partial charge in [0.15, 0.2) is 0 Å². The van der Waals surface area contributed by atoms with Crippen molar-refractivity contribution < 1.29 is 0 Å². The molecule has 2 aliphatic carbocycles. The molecule has 0 spiro atoms. The third-order valence-electron chi connectivity index (χ3n) is 13.4. The van der Waals surface area contributed by atoms with Crippen LogP contribution in [0, 0.1) is 0 Å². The Hall–Kier alpha value is -7.62. The fourth-order valence-corrected chi connectivity index (χ4v) is 10.3. The Bertz CT molecular complexity index is 3440. The van der Waals surface area contributed by atoms with Gasteiger partial charge in [-0.3, -0.25) is 4.98 Å². The van der Waals surface area contributed by atoms with Crippen LogP contribution in [0.25, 0.3) is 99.7 Å². The van der Waals surface area contributed by atoms with Gasteiger partial charge < -0.3 is 4.57 Å². The number of rotatable bonds is 6. The lowest BCUT2D eigenvalue weighted by Gasteiger charge is -2.22. The van der Waals surface area contributed by atoms with Gasteiger partial charge in [0, 0.05) is 28.3 Å². The van der Waals surface area contributed by atoms with E-state index in [9.17, 15) is 0 Å². The fraction of sp³-hybridized carbons (Fsp3) is 0.0847. The number of hydrogen-bond acceptors (Lipinski definition) is 2. The lowest BCUT2D eigenvalue weighted by Crippen LogP contribution is -2.14. The highest BCUT2D eigenvalue weighted by Crippen LogP contribution is 2.50. The molecule has 3 heteroatoms. The maximum Gasteiger partial charge on any atom is 0.141 e. The Morgan fingerprint density at radius 3 is 1.95 bits per heavy atom. The second kappa shape index (κ2) is 14.2. The Labute approximate surface area is 362 Å². The van der Waals surface area contributed by atoms with Gasteiger partial charge in [-0.1, -0.05) is 184 Å².